The van der Waals surface area contributed by atoms with Gasteiger partial charge in [-0.05, 0) is 22.0 Å². The van der Waals surface area contributed by atoms with Crippen LogP contribution in [0.4, 0.5) is 0 Å². The lowest BCUT2D eigenvalue weighted by Crippen LogP contribution is -2.58. The smallest absolute Gasteiger partial charge is 0.0617 e. The molecule has 106 valence electrons. The van der Waals surface area contributed by atoms with Crippen molar-refractivity contribution < 1.29 is 0 Å². The highest BCUT2D eigenvalue weighted by Gasteiger charge is 2.58. The Labute approximate surface area is 116 Å². The highest BCUT2D eigenvalue weighted by Crippen LogP contribution is 2.57. The summed E-state index contributed by atoms with van der Waals surface area (Å²) in [6, 6.07) is -0.573. The van der Waals surface area contributed by atoms with Gasteiger partial charge in [0.05, 0.1) is 11.6 Å². The highest BCUT2D eigenvalue weighted by atomic mass is 15.2. The molecule has 0 N–H and O–H groups in total. The molecule has 1 rings (SSSR count). The predicted molar refractivity (Wildman–Crippen MR) is 75.3 cm³/mol. The van der Waals surface area contributed by atoms with Crippen LogP contribution in [0.1, 0.15) is 34.6 Å². The molecule has 0 aromatic rings. The Bertz CT molecular complexity index is 583. The van der Waals surface area contributed by atoms with E-state index in [1.54, 1.807) is 13.0 Å². The molecular formula is C11H17N9. The molecule has 0 fully saturated rings. The molecule has 0 bridgehead atoms. The summed E-state index contributed by atoms with van der Waals surface area (Å²) in [5.74, 6) is 0. The summed E-state index contributed by atoms with van der Waals surface area (Å²) >= 11 is 0. The average Bonchev–Trinajstić information content (AvgIpc) is 2.35. The van der Waals surface area contributed by atoms with Gasteiger partial charge in [0.1, 0.15) is 0 Å². The SMILES string of the molecule is CC1(C)C(N=[N+]=[N-])=CC(N=[N+]=[N-])C(C)(C)C1(C)N=[N+]=[N-]. The topological polar surface area (TPSA) is 146 Å². The zero-order valence-corrected chi connectivity index (χ0v) is 12.2. The fraction of sp³-hybridized carbons (Fsp3) is 0.818. The second kappa shape index (κ2) is 4.98. The molecule has 20 heavy (non-hydrogen) atoms. The Kier molecular flexibility index (Phi) is 3.92. The minimum atomic E-state index is -0.925. The van der Waals surface area contributed by atoms with E-state index in [1.165, 1.54) is 0 Å². The number of hydrogen-bond acceptors (Lipinski definition) is 3. The van der Waals surface area contributed by atoms with Crippen molar-refractivity contribution in [2.75, 3.05) is 0 Å². The van der Waals surface area contributed by atoms with Crippen LogP contribution in [0.3, 0.4) is 0 Å². The molecule has 0 aliphatic heterocycles. The van der Waals surface area contributed by atoms with Gasteiger partial charge in [0.2, 0.25) is 0 Å². The lowest BCUT2D eigenvalue weighted by molar-refractivity contribution is 0.0485. The summed E-state index contributed by atoms with van der Waals surface area (Å²) in [6.45, 7) is 9.21. The maximum Gasteiger partial charge on any atom is 0.0617 e. The fourth-order valence-corrected chi connectivity index (χ4v) is 2.69. The maximum absolute atomic E-state index is 8.91. The number of azide groups is 3. The Morgan fingerprint density at radius 2 is 1.60 bits per heavy atom. The second-order valence-electron chi connectivity index (χ2n) is 6.00. The van der Waals surface area contributed by atoms with E-state index in [0.29, 0.717) is 5.70 Å². The Hall–Kier alpha value is -2.33. The molecule has 0 radical (unpaired) electrons. The lowest BCUT2D eigenvalue weighted by Gasteiger charge is -2.56. The van der Waals surface area contributed by atoms with Crippen molar-refractivity contribution in [3.8, 4) is 0 Å². The molecule has 0 saturated carbocycles. The van der Waals surface area contributed by atoms with Gasteiger partial charge in [-0.3, -0.25) is 0 Å². The maximum atomic E-state index is 8.91. The molecule has 0 aromatic carbocycles. The van der Waals surface area contributed by atoms with Gasteiger partial charge in [-0.2, -0.15) is 0 Å². The van der Waals surface area contributed by atoms with Crippen LogP contribution in [-0.2, 0) is 0 Å². The van der Waals surface area contributed by atoms with Gasteiger partial charge in [0.15, 0.2) is 0 Å². The van der Waals surface area contributed by atoms with Gasteiger partial charge in [-0.1, -0.05) is 56.0 Å². The molecule has 0 heterocycles. The number of nitrogens with zero attached hydrogens (tertiary/aromatic N) is 9. The monoisotopic (exact) mass is 275 g/mol. The quantitative estimate of drug-likeness (QED) is 0.387. The molecule has 2 atom stereocenters. The van der Waals surface area contributed by atoms with E-state index in [1.807, 2.05) is 27.7 Å². The lowest BCUT2D eigenvalue weighted by atomic mass is 9.53. The third-order valence-corrected chi connectivity index (χ3v) is 4.74. The molecule has 0 spiro atoms. The minimum absolute atomic E-state index is 0.409. The standard InChI is InChI=1S/C11H17N9/c1-9(2)7(15-18-12)6-8(16-19-13)10(3,4)11(9,5)17-20-14/h6-7H,1-5H3. The van der Waals surface area contributed by atoms with Crippen molar-refractivity contribution in [1.29, 1.82) is 0 Å². The molecule has 0 saturated heterocycles. The van der Waals surface area contributed by atoms with E-state index < -0.39 is 22.4 Å². The van der Waals surface area contributed by atoms with Crippen LogP contribution >= 0.6 is 0 Å². The van der Waals surface area contributed by atoms with Gasteiger partial charge in [-0.25, -0.2) is 0 Å². The van der Waals surface area contributed by atoms with Crippen LogP contribution in [0.25, 0.3) is 31.3 Å². The number of hydrogen-bond donors (Lipinski definition) is 0. The first kappa shape index (κ1) is 15.7. The van der Waals surface area contributed by atoms with Crippen molar-refractivity contribution in [2.45, 2.75) is 46.2 Å². The summed E-state index contributed by atoms with van der Waals surface area (Å²) in [7, 11) is 0. The van der Waals surface area contributed by atoms with E-state index in [4.69, 9.17) is 16.6 Å². The van der Waals surface area contributed by atoms with Gasteiger partial charge < -0.3 is 0 Å². The van der Waals surface area contributed by atoms with Crippen molar-refractivity contribution in [3.63, 3.8) is 0 Å². The highest BCUT2D eigenvalue weighted by molar-refractivity contribution is 5.32. The van der Waals surface area contributed by atoms with Crippen LogP contribution in [0.15, 0.2) is 27.1 Å². The molecule has 0 aromatic heterocycles. The van der Waals surface area contributed by atoms with Gasteiger partial charge in [0.25, 0.3) is 0 Å². The van der Waals surface area contributed by atoms with Crippen LogP contribution in [0, 0.1) is 10.8 Å². The van der Waals surface area contributed by atoms with Gasteiger partial charge in [0, 0.05) is 25.8 Å². The van der Waals surface area contributed by atoms with E-state index >= 15 is 0 Å². The first-order chi connectivity index (χ1) is 9.19. The summed E-state index contributed by atoms with van der Waals surface area (Å²) in [6.07, 6.45) is 1.65. The van der Waals surface area contributed by atoms with Gasteiger partial charge >= 0.3 is 0 Å². The van der Waals surface area contributed by atoms with Crippen LogP contribution < -0.4 is 0 Å². The molecule has 9 nitrogen and oxygen atoms in total. The largest absolute Gasteiger partial charge is 0.0861 e. The second-order valence-corrected chi connectivity index (χ2v) is 6.00. The summed E-state index contributed by atoms with van der Waals surface area (Å²) in [5, 5.41) is 11.4. The van der Waals surface area contributed by atoms with Gasteiger partial charge in [-0.15, -0.1) is 0 Å². The van der Waals surface area contributed by atoms with Crippen LogP contribution in [0.2, 0.25) is 0 Å². The predicted octanol–water partition coefficient (Wildman–Crippen LogP) is 4.99. The molecule has 1 aliphatic rings. The normalized spacial score (nSPS) is 30.1. The van der Waals surface area contributed by atoms with Crippen molar-refractivity contribution in [2.24, 2.45) is 26.2 Å². The minimum Gasteiger partial charge on any atom is -0.0861 e. The van der Waals surface area contributed by atoms with Crippen LogP contribution in [-0.4, -0.2) is 11.6 Å². The fourth-order valence-electron chi connectivity index (χ4n) is 2.69. The third-order valence-electron chi connectivity index (χ3n) is 4.74. The summed E-state index contributed by atoms with van der Waals surface area (Å²) < 4.78 is 0. The zero-order chi connectivity index (χ0) is 15.6. The first-order valence-electron chi connectivity index (χ1n) is 6.07. The number of rotatable bonds is 3. The van der Waals surface area contributed by atoms with Crippen molar-refractivity contribution in [1.82, 2.24) is 0 Å². The van der Waals surface area contributed by atoms with Crippen LogP contribution in [0.5, 0.6) is 0 Å². The molecular weight excluding hydrogens is 258 g/mol. The van der Waals surface area contributed by atoms with E-state index in [9.17, 15) is 0 Å². The van der Waals surface area contributed by atoms with E-state index in [-0.39, 0.29) is 0 Å². The molecule has 1 aliphatic carbocycles. The van der Waals surface area contributed by atoms with E-state index in [2.05, 4.69) is 30.1 Å². The summed E-state index contributed by atoms with van der Waals surface area (Å²) in [4.78, 5) is 8.58. The molecule has 2 unspecified atom stereocenters. The van der Waals surface area contributed by atoms with E-state index in [0.717, 1.165) is 0 Å². The molecule has 0 amide bonds. The first-order valence-corrected chi connectivity index (χ1v) is 6.07. The summed E-state index contributed by atoms with van der Waals surface area (Å²) in [5.41, 5.74) is 24.5. The molecule has 9 heteroatoms. The average molecular weight is 275 g/mol. The third kappa shape index (κ3) is 1.94. The van der Waals surface area contributed by atoms with Crippen molar-refractivity contribution in [3.05, 3.63) is 43.1 Å². The zero-order valence-electron chi connectivity index (χ0n) is 12.2. The Morgan fingerprint density at radius 3 is 2.05 bits per heavy atom. The Balaban J connectivity index is 3.75. The Morgan fingerprint density at radius 1 is 1.00 bits per heavy atom. The van der Waals surface area contributed by atoms with Crippen molar-refractivity contribution >= 4 is 0 Å².